The fourth-order valence-corrected chi connectivity index (χ4v) is 2.34. The van der Waals surface area contributed by atoms with Crippen molar-refractivity contribution >= 4 is 34.8 Å². The number of rotatable bonds is 4. The molecule has 5 nitrogen and oxygen atoms in total. The van der Waals surface area contributed by atoms with Gasteiger partial charge in [-0.1, -0.05) is 6.07 Å². The van der Waals surface area contributed by atoms with E-state index < -0.39 is 17.9 Å². The van der Waals surface area contributed by atoms with Gasteiger partial charge in [0.1, 0.15) is 0 Å². The van der Waals surface area contributed by atoms with Gasteiger partial charge in [0.2, 0.25) is 5.22 Å². The van der Waals surface area contributed by atoms with E-state index >= 15 is 0 Å². The second-order valence-corrected chi connectivity index (χ2v) is 4.69. The molecule has 0 fully saturated rings. The Bertz CT molecular complexity index is 563. The highest BCUT2D eigenvalue weighted by molar-refractivity contribution is 7.10. The number of carboxylic acids is 1. The third-order valence-electron chi connectivity index (χ3n) is 2.21. The van der Waals surface area contributed by atoms with Gasteiger partial charge in [0.15, 0.2) is 6.04 Å². The summed E-state index contributed by atoms with van der Waals surface area (Å²) in [6.45, 7) is 0. The third-order valence-corrected chi connectivity index (χ3v) is 3.44. The van der Waals surface area contributed by atoms with E-state index in [0.717, 1.165) is 0 Å². The maximum absolute atomic E-state index is 11.8. The number of aliphatic carboxylic acids is 1. The molecule has 0 radical (unpaired) electrons. The van der Waals surface area contributed by atoms with E-state index in [-0.39, 0.29) is 10.8 Å². The number of hydrogen-bond donors (Lipinski definition) is 2. The second-order valence-electron chi connectivity index (χ2n) is 3.37. The third kappa shape index (κ3) is 2.55. The number of carboxylic acid groups (broad SMARTS) is 1. The molecular formula is C11H8ClNO4S. The van der Waals surface area contributed by atoms with Gasteiger partial charge < -0.3 is 14.8 Å². The van der Waals surface area contributed by atoms with Crippen LogP contribution in [-0.4, -0.2) is 17.0 Å². The molecule has 0 aromatic carbocycles. The van der Waals surface area contributed by atoms with E-state index in [1.54, 1.807) is 17.5 Å². The lowest BCUT2D eigenvalue weighted by molar-refractivity contribution is -0.139. The van der Waals surface area contributed by atoms with E-state index in [4.69, 9.17) is 21.1 Å². The smallest absolute Gasteiger partial charge is 0.331 e. The lowest BCUT2D eigenvalue weighted by atomic mass is 10.2. The van der Waals surface area contributed by atoms with Gasteiger partial charge in [-0.15, -0.1) is 11.3 Å². The van der Waals surface area contributed by atoms with E-state index in [0.29, 0.717) is 4.88 Å². The number of hydrogen-bond acceptors (Lipinski definition) is 4. The first-order valence-electron chi connectivity index (χ1n) is 4.89. The number of amides is 1. The van der Waals surface area contributed by atoms with Crippen molar-refractivity contribution in [2.45, 2.75) is 6.04 Å². The standard InChI is InChI=1S/C11H8ClNO4S/c12-9-6(3-4-17-9)10(14)13-8(11(15)16)7-2-1-5-18-7/h1-5,8H,(H,13,14)(H,15,16). The Labute approximate surface area is 111 Å². The van der Waals surface area contributed by atoms with Crippen LogP contribution in [0.25, 0.3) is 0 Å². The molecule has 1 atom stereocenters. The van der Waals surface area contributed by atoms with Crippen molar-refractivity contribution in [2.75, 3.05) is 0 Å². The van der Waals surface area contributed by atoms with Crippen LogP contribution in [0, 0.1) is 0 Å². The molecule has 0 spiro atoms. The molecule has 0 aliphatic carbocycles. The maximum atomic E-state index is 11.8. The minimum atomic E-state index is -1.13. The summed E-state index contributed by atoms with van der Waals surface area (Å²) in [5, 5.41) is 13.2. The van der Waals surface area contributed by atoms with Gasteiger partial charge in [0.25, 0.3) is 5.91 Å². The lowest BCUT2D eigenvalue weighted by Gasteiger charge is -2.12. The predicted molar refractivity (Wildman–Crippen MR) is 65.9 cm³/mol. The van der Waals surface area contributed by atoms with Gasteiger partial charge in [-0.05, 0) is 29.1 Å². The average molecular weight is 286 g/mol. The van der Waals surface area contributed by atoms with Gasteiger partial charge in [-0.3, -0.25) is 4.79 Å². The van der Waals surface area contributed by atoms with Crippen molar-refractivity contribution in [3.05, 3.63) is 45.5 Å². The highest BCUT2D eigenvalue weighted by Gasteiger charge is 2.25. The zero-order chi connectivity index (χ0) is 13.1. The molecule has 2 rings (SSSR count). The summed E-state index contributed by atoms with van der Waals surface area (Å²) in [6.07, 6.45) is 1.26. The normalized spacial score (nSPS) is 12.1. The summed E-state index contributed by atoms with van der Waals surface area (Å²) in [7, 11) is 0. The molecule has 2 N–H and O–H groups in total. The summed E-state index contributed by atoms with van der Waals surface area (Å²) in [5.41, 5.74) is 0.111. The second kappa shape index (κ2) is 5.24. The molecule has 2 aromatic rings. The molecule has 2 aromatic heterocycles. The van der Waals surface area contributed by atoms with Crippen molar-refractivity contribution in [3.63, 3.8) is 0 Å². The first kappa shape index (κ1) is 12.7. The topological polar surface area (TPSA) is 79.5 Å². The van der Waals surface area contributed by atoms with Crippen molar-refractivity contribution < 1.29 is 19.1 Å². The van der Waals surface area contributed by atoms with Crippen LogP contribution in [0.2, 0.25) is 5.22 Å². The van der Waals surface area contributed by atoms with Crippen LogP contribution >= 0.6 is 22.9 Å². The first-order valence-corrected chi connectivity index (χ1v) is 6.15. The number of halogens is 1. The number of nitrogens with one attached hydrogen (secondary N) is 1. The summed E-state index contributed by atoms with van der Waals surface area (Å²) in [6, 6.07) is 3.64. The molecule has 1 unspecified atom stereocenters. The van der Waals surface area contributed by atoms with E-state index in [1.165, 1.54) is 23.7 Å². The molecule has 94 valence electrons. The van der Waals surface area contributed by atoms with Crippen molar-refractivity contribution in [3.8, 4) is 0 Å². The minimum Gasteiger partial charge on any atom is -0.479 e. The fraction of sp³-hybridized carbons (Fsp3) is 0.0909. The van der Waals surface area contributed by atoms with Gasteiger partial charge >= 0.3 is 5.97 Å². The van der Waals surface area contributed by atoms with Crippen LogP contribution in [0.1, 0.15) is 21.3 Å². The Balaban J connectivity index is 2.18. The predicted octanol–water partition coefficient (Wildman–Crippen LogP) is 2.55. The van der Waals surface area contributed by atoms with Crippen molar-refractivity contribution in [2.24, 2.45) is 0 Å². The Hall–Kier alpha value is -1.79. The Kier molecular flexibility index (Phi) is 3.69. The fourth-order valence-electron chi connectivity index (χ4n) is 1.37. The van der Waals surface area contributed by atoms with Gasteiger partial charge in [-0.2, -0.15) is 0 Å². The van der Waals surface area contributed by atoms with Gasteiger partial charge in [-0.25, -0.2) is 4.79 Å². The zero-order valence-corrected chi connectivity index (χ0v) is 10.5. The Morgan fingerprint density at radius 3 is 2.72 bits per heavy atom. The zero-order valence-electron chi connectivity index (χ0n) is 8.92. The number of furan rings is 1. The quantitative estimate of drug-likeness (QED) is 0.905. The van der Waals surface area contributed by atoms with E-state index in [1.807, 2.05) is 0 Å². The number of carbonyl (C=O) groups is 2. The molecule has 2 heterocycles. The van der Waals surface area contributed by atoms with E-state index in [9.17, 15) is 9.59 Å². The van der Waals surface area contributed by atoms with Crippen LogP contribution in [0.5, 0.6) is 0 Å². The van der Waals surface area contributed by atoms with Gasteiger partial charge in [0, 0.05) is 4.88 Å². The summed E-state index contributed by atoms with van der Waals surface area (Å²) in [5.74, 6) is -1.72. The summed E-state index contributed by atoms with van der Waals surface area (Å²) in [4.78, 5) is 23.5. The average Bonchev–Trinajstić information content (AvgIpc) is 2.95. The molecular weight excluding hydrogens is 278 g/mol. The lowest BCUT2D eigenvalue weighted by Crippen LogP contribution is -2.33. The van der Waals surface area contributed by atoms with Crippen LogP contribution in [0.4, 0.5) is 0 Å². The highest BCUT2D eigenvalue weighted by atomic mass is 35.5. The number of thiophene rings is 1. The molecule has 0 saturated heterocycles. The van der Waals surface area contributed by atoms with E-state index in [2.05, 4.69) is 5.32 Å². The van der Waals surface area contributed by atoms with Crippen LogP contribution < -0.4 is 5.32 Å². The molecule has 0 bridgehead atoms. The molecule has 18 heavy (non-hydrogen) atoms. The molecule has 0 saturated carbocycles. The first-order chi connectivity index (χ1) is 8.59. The summed E-state index contributed by atoms with van der Waals surface area (Å²) < 4.78 is 4.78. The summed E-state index contributed by atoms with van der Waals surface area (Å²) >= 11 is 6.90. The van der Waals surface area contributed by atoms with Gasteiger partial charge in [0.05, 0.1) is 11.8 Å². The maximum Gasteiger partial charge on any atom is 0.331 e. The largest absolute Gasteiger partial charge is 0.479 e. The van der Waals surface area contributed by atoms with Crippen LogP contribution in [-0.2, 0) is 4.79 Å². The van der Waals surface area contributed by atoms with Crippen LogP contribution in [0.15, 0.2) is 34.3 Å². The minimum absolute atomic E-state index is 0.0668. The number of carbonyl (C=O) groups excluding carboxylic acids is 1. The molecule has 7 heteroatoms. The monoisotopic (exact) mass is 285 g/mol. The van der Waals surface area contributed by atoms with Crippen LogP contribution in [0.3, 0.4) is 0 Å². The Morgan fingerprint density at radius 1 is 1.44 bits per heavy atom. The highest BCUT2D eigenvalue weighted by Crippen LogP contribution is 2.21. The molecule has 1 amide bonds. The molecule has 0 aliphatic heterocycles. The molecule has 0 aliphatic rings. The van der Waals surface area contributed by atoms with Crippen molar-refractivity contribution in [1.82, 2.24) is 5.32 Å². The Morgan fingerprint density at radius 2 is 2.22 bits per heavy atom. The SMILES string of the molecule is O=C(NC(C(=O)O)c1cccs1)c1ccoc1Cl. The van der Waals surface area contributed by atoms with Crippen molar-refractivity contribution in [1.29, 1.82) is 0 Å².